The molecule has 1 nitrogen and oxygen atoms in total. The molecule has 0 aliphatic rings. The summed E-state index contributed by atoms with van der Waals surface area (Å²) < 4.78 is 13.0. The summed E-state index contributed by atoms with van der Waals surface area (Å²) in [4.78, 5) is 4.15. The summed E-state index contributed by atoms with van der Waals surface area (Å²) in [6.07, 6.45) is 2.46. The summed E-state index contributed by atoms with van der Waals surface area (Å²) in [6.45, 7) is 2.10. The van der Waals surface area contributed by atoms with Crippen molar-refractivity contribution in [3.8, 4) is 11.3 Å². The Bertz CT molecular complexity index is 466. The molecule has 1 aromatic carbocycles. The van der Waals surface area contributed by atoms with Crippen molar-refractivity contribution < 1.29 is 4.39 Å². The normalized spacial score (nSPS) is 10.3. The van der Waals surface area contributed by atoms with Gasteiger partial charge >= 0.3 is 0 Å². The Balaban J connectivity index is 2.44. The molecule has 0 unspecified atom stereocenters. The van der Waals surface area contributed by atoms with Gasteiger partial charge in [0.15, 0.2) is 0 Å². The lowest BCUT2D eigenvalue weighted by molar-refractivity contribution is 0.626. The van der Waals surface area contributed by atoms with Gasteiger partial charge in [-0.3, -0.25) is 4.98 Å². The number of rotatable bonds is 2. The third-order valence-corrected chi connectivity index (χ3v) is 2.35. The minimum absolute atomic E-state index is 0.248. The molecular formula is C13H12FN. The van der Waals surface area contributed by atoms with Gasteiger partial charge in [0.05, 0.1) is 5.69 Å². The van der Waals surface area contributed by atoms with E-state index in [0.717, 1.165) is 12.0 Å². The minimum atomic E-state index is -0.248. The highest BCUT2D eigenvalue weighted by Crippen LogP contribution is 2.18. The smallest absolute Gasteiger partial charge is 0.126 e. The van der Waals surface area contributed by atoms with E-state index in [4.69, 9.17) is 0 Å². The number of aromatic nitrogens is 1. The zero-order valence-electron chi connectivity index (χ0n) is 8.57. The van der Waals surface area contributed by atoms with Crippen molar-refractivity contribution in [1.82, 2.24) is 4.98 Å². The molecular weight excluding hydrogens is 189 g/mol. The van der Waals surface area contributed by atoms with E-state index in [2.05, 4.69) is 18.0 Å². The van der Waals surface area contributed by atoms with Gasteiger partial charge in [0.1, 0.15) is 5.82 Å². The molecule has 0 saturated carbocycles. The van der Waals surface area contributed by atoms with Crippen LogP contribution in [0, 0.1) is 5.82 Å². The van der Waals surface area contributed by atoms with Crippen LogP contribution in [0.3, 0.4) is 0 Å². The van der Waals surface area contributed by atoms with E-state index in [1.165, 1.54) is 23.9 Å². The summed E-state index contributed by atoms with van der Waals surface area (Å²) in [7, 11) is 0. The van der Waals surface area contributed by atoms with Crippen LogP contribution in [-0.2, 0) is 6.42 Å². The largest absolute Gasteiger partial charge is 0.256 e. The van der Waals surface area contributed by atoms with Crippen LogP contribution in [0.1, 0.15) is 12.5 Å². The molecule has 0 aliphatic heterocycles. The molecule has 1 aromatic heterocycles. The summed E-state index contributed by atoms with van der Waals surface area (Å²) in [5.74, 6) is -0.248. The molecule has 0 spiro atoms. The SMILES string of the molecule is CCc1cccc(-c2cc(F)ccn2)c1. The maximum absolute atomic E-state index is 13.0. The van der Waals surface area contributed by atoms with Crippen LogP contribution in [0.4, 0.5) is 4.39 Å². The van der Waals surface area contributed by atoms with Crippen LogP contribution in [0.5, 0.6) is 0 Å². The van der Waals surface area contributed by atoms with Gasteiger partial charge in [0.25, 0.3) is 0 Å². The molecule has 0 aliphatic carbocycles. The highest BCUT2D eigenvalue weighted by atomic mass is 19.1. The van der Waals surface area contributed by atoms with Crippen molar-refractivity contribution >= 4 is 0 Å². The van der Waals surface area contributed by atoms with Crippen molar-refractivity contribution in [2.24, 2.45) is 0 Å². The number of halogens is 1. The van der Waals surface area contributed by atoms with E-state index < -0.39 is 0 Å². The number of hydrogen-bond donors (Lipinski definition) is 0. The van der Waals surface area contributed by atoms with E-state index in [-0.39, 0.29) is 5.82 Å². The Labute approximate surface area is 88.6 Å². The first kappa shape index (κ1) is 9.84. The Morgan fingerprint density at radius 3 is 2.80 bits per heavy atom. The highest BCUT2D eigenvalue weighted by molar-refractivity contribution is 5.59. The maximum Gasteiger partial charge on any atom is 0.126 e. The highest BCUT2D eigenvalue weighted by Gasteiger charge is 2.00. The van der Waals surface area contributed by atoms with Crippen LogP contribution >= 0.6 is 0 Å². The fourth-order valence-corrected chi connectivity index (χ4v) is 1.51. The van der Waals surface area contributed by atoms with Crippen LogP contribution < -0.4 is 0 Å². The molecule has 2 rings (SSSR count). The number of pyridine rings is 1. The van der Waals surface area contributed by atoms with E-state index in [0.29, 0.717) is 5.69 Å². The van der Waals surface area contributed by atoms with Gasteiger partial charge in [-0.2, -0.15) is 0 Å². The Morgan fingerprint density at radius 1 is 1.20 bits per heavy atom. The lowest BCUT2D eigenvalue weighted by Gasteiger charge is -2.02. The lowest BCUT2D eigenvalue weighted by atomic mass is 10.1. The predicted molar refractivity (Wildman–Crippen MR) is 59.0 cm³/mol. The van der Waals surface area contributed by atoms with Crippen LogP contribution in [0.2, 0.25) is 0 Å². The van der Waals surface area contributed by atoms with Crippen molar-refractivity contribution in [2.75, 3.05) is 0 Å². The van der Waals surface area contributed by atoms with Gasteiger partial charge in [0.2, 0.25) is 0 Å². The number of aryl methyl sites for hydroxylation is 1. The number of benzene rings is 1. The van der Waals surface area contributed by atoms with Crippen molar-refractivity contribution in [3.63, 3.8) is 0 Å². The second-order valence-electron chi connectivity index (χ2n) is 3.41. The standard InChI is InChI=1S/C13H12FN/c1-2-10-4-3-5-11(8-10)13-9-12(14)6-7-15-13/h3-9H,2H2,1H3. The van der Waals surface area contributed by atoms with Crippen molar-refractivity contribution in [1.29, 1.82) is 0 Å². The van der Waals surface area contributed by atoms with E-state index in [1.54, 1.807) is 0 Å². The third kappa shape index (κ3) is 2.21. The van der Waals surface area contributed by atoms with E-state index >= 15 is 0 Å². The Hall–Kier alpha value is -1.70. The molecule has 2 heteroatoms. The predicted octanol–water partition coefficient (Wildman–Crippen LogP) is 3.45. The first-order valence-electron chi connectivity index (χ1n) is 5.00. The fourth-order valence-electron chi connectivity index (χ4n) is 1.51. The van der Waals surface area contributed by atoms with Crippen LogP contribution in [-0.4, -0.2) is 4.98 Å². The summed E-state index contributed by atoms with van der Waals surface area (Å²) >= 11 is 0. The summed E-state index contributed by atoms with van der Waals surface area (Å²) in [6, 6.07) is 10.8. The summed E-state index contributed by atoms with van der Waals surface area (Å²) in [5.41, 5.74) is 2.89. The molecule has 0 N–H and O–H groups in total. The molecule has 0 saturated heterocycles. The topological polar surface area (TPSA) is 12.9 Å². The average molecular weight is 201 g/mol. The molecule has 0 bridgehead atoms. The van der Waals surface area contributed by atoms with Gasteiger partial charge in [-0.1, -0.05) is 25.1 Å². The Kier molecular flexibility index (Phi) is 2.77. The minimum Gasteiger partial charge on any atom is -0.256 e. The lowest BCUT2D eigenvalue weighted by Crippen LogP contribution is -1.86. The molecule has 2 aromatic rings. The number of nitrogens with zero attached hydrogens (tertiary/aromatic N) is 1. The summed E-state index contributed by atoms with van der Waals surface area (Å²) in [5, 5.41) is 0. The van der Waals surface area contributed by atoms with Gasteiger partial charge < -0.3 is 0 Å². The van der Waals surface area contributed by atoms with Crippen molar-refractivity contribution in [2.45, 2.75) is 13.3 Å². The van der Waals surface area contributed by atoms with Gasteiger partial charge in [-0.15, -0.1) is 0 Å². The first-order chi connectivity index (χ1) is 7.29. The van der Waals surface area contributed by atoms with E-state index in [9.17, 15) is 4.39 Å². The molecule has 0 radical (unpaired) electrons. The quantitative estimate of drug-likeness (QED) is 0.725. The van der Waals surface area contributed by atoms with Gasteiger partial charge in [0, 0.05) is 17.8 Å². The molecule has 0 fully saturated rings. The van der Waals surface area contributed by atoms with Gasteiger partial charge in [-0.25, -0.2) is 4.39 Å². The Morgan fingerprint density at radius 2 is 2.07 bits per heavy atom. The molecule has 76 valence electrons. The number of hydrogen-bond acceptors (Lipinski definition) is 1. The third-order valence-electron chi connectivity index (χ3n) is 2.35. The fraction of sp³-hybridized carbons (Fsp3) is 0.154. The van der Waals surface area contributed by atoms with Crippen LogP contribution in [0.15, 0.2) is 42.6 Å². The molecule has 1 heterocycles. The second-order valence-corrected chi connectivity index (χ2v) is 3.41. The van der Waals surface area contributed by atoms with Crippen molar-refractivity contribution in [3.05, 3.63) is 54.0 Å². The van der Waals surface area contributed by atoms with Crippen LogP contribution in [0.25, 0.3) is 11.3 Å². The maximum atomic E-state index is 13.0. The zero-order chi connectivity index (χ0) is 10.7. The molecule has 0 amide bonds. The molecule has 15 heavy (non-hydrogen) atoms. The first-order valence-corrected chi connectivity index (χ1v) is 5.00. The monoisotopic (exact) mass is 201 g/mol. The average Bonchev–Trinajstić information content (AvgIpc) is 2.29. The zero-order valence-corrected chi connectivity index (χ0v) is 8.57. The van der Waals surface area contributed by atoms with Gasteiger partial charge in [-0.05, 0) is 24.1 Å². The van der Waals surface area contributed by atoms with E-state index in [1.807, 2.05) is 18.2 Å². The second kappa shape index (κ2) is 4.22. The molecule has 0 atom stereocenters.